The summed E-state index contributed by atoms with van der Waals surface area (Å²) in [6.07, 6.45) is 0. The molecule has 0 saturated carbocycles. The molecular weight excluding hydrogens is 312 g/mol. The van der Waals surface area contributed by atoms with Crippen molar-refractivity contribution < 1.29 is 14.3 Å². The van der Waals surface area contributed by atoms with Crippen LogP contribution in [0.5, 0.6) is 0 Å². The van der Waals surface area contributed by atoms with Crippen LogP contribution in [0.4, 0.5) is 4.39 Å². The standard InChI is InChI=1S/C11H6BrClFNO2/c1-4-2-5(12)9(14)8-6(13)3-7(11(16)17)15-10(4)8/h2-3H,1H3,(H,16,17). The van der Waals surface area contributed by atoms with Gasteiger partial charge in [-0.3, -0.25) is 0 Å². The molecule has 2 aromatic rings. The number of carboxylic acids is 1. The van der Waals surface area contributed by atoms with Gasteiger partial charge >= 0.3 is 5.97 Å². The maximum Gasteiger partial charge on any atom is 0.354 e. The van der Waals surface area contributed by atoms with Gasteiger partial charge in [0.15, 0.2) is 0 Å². The summed E-state index contributed by atoms with van der Waals surface area (Å²) < 4.78 is 14.1. The minimum Gasteiger partial charge on any atom is -0.477 e. The van der Waals surface area contributed by atoms with E-state index in [1.54, 1.807) is 6.92 Å². The van der Waals surface area contributed by atoms with Crippen LogP contribution in [0.15, 0.2) is 16.6 Å². The molecular formula is C11H6BrClFNO2. The van der Waals surface area contributed by atoms with Crippen molar-refractivity contribution in [2.24, 2.45) is 0 Å². The number of benzene rings is 1. The monoisotopic (exact) mass is 317 g/mol. The van der Waals surface area contributed by atoms with Crippen molar-refractivity contribution >= 4 is 44.4 Å². The Morgan fingerprint density at radius 3 is 2.76 bits per heavy atom. The van der Waals surface area contributed by atoms with Crippen molar-refractivity contribution in [2.75, 3.05) is 0 Å². The van der Waals surface area contributed by atoms with Gasteiger partial charge in [0, 0.05) is 0 Å². The lowest BCUT2D eigenvalue weighted by atomic mass is 10.1. The van der Waals surface area contributed by atoms with Gasteiger partial charge in [-0.1, -0.05) is 11.6 Å². The van der Waals surface area contributed by atoms with E-state index in [4.69, 9.17) is 16.7 Å². The number of carbonyl (C=O) groups is 1. The first-order chi connectivity index (χ1) is 7.91. The van der Waals surface area contributed by atoms with Crippen LogP contribution in [0.25, 0.3) is 10.9 Å². The Morgan fingerprint density at radius 1 is 1.53 bits per heavy atom. The minimum atomic E-state index is -1.20. The number of halogens is 3. The number of hydrogen-bond donors (Lipinski definition) is 1. The molecule has 0 radical (unpaired) electrons. The largest absolute Gasteiger partial charge is 0.477 e. The Kier molecular flexibility index (Phi) is 3.05. The number of aromatic carboxylic acids is 1. The zero-order valence-corrected chi connectivity index (χ0v) is 10.9. The second-order valence-corrected chi connectivity index (χ2v) is 4.77. The first-order valence-corrected chi connectivity index (χ1v) is 5.77. The van der Waals surface area contributed by atoms with Gasteiger partial charge in [-0.25, -0.2) is 14.2 Å². The highest BCUT2D eigenvalue weighted by Gasteiger charge is 2.16. The van der Waals surface area contributed by atoms with Crippen molar-refractivity contribution in [3.63, 3.8) is 0 Å². The van der Waals surface area contributed by atoms with Crippen LogP contribution < -0.4 is 0 Å². The summed E-state index contributed by atoms with van der Waals surface area (Å²) >= 11 is 8.96. The molecule has 17 heavy (non-hydrogen) atoms. The minimum absolute atomic E-state index is 0.0364. The number of aryl methyl sites for hydroxylation is 1. The molecule has 0 atom stereocenters. The van der Waals surface area contributed by atoms with Crippen LogP contribution in [-0.4, -0.2) is 16.1 Å². The second-order valence-electron chi connectivity index (χ2n) is 3.51. The van der Waals surface area contributed by atoms with E-state index in [1.807, 2.05) is 0 Å². The van der Waals surface area contributed by atoms with E-state index in [2.05, 4.69) is 20.9 Å². The third-order valence-electron chi connectivity index (χ3n) is 2.34. The van der Waals surface area contributed by atoms with E-state index in [-0.39, 0.29) is 26.1 Å². The van der Waals surface area contributed by atoms with E-state index in [9.17, 15) is 9.18 Å². The first kappa shape index (κ1) is 12.3. The second kappa shape index (κ2) is 4.23. The van der Waals surface area contributed by atoms with Gasteiger partial charge in [0.25, 0.3) is 0 Å². The third kappa shape index (κ3) is 2.00. The first-order valence-electron chi connectivity index (χ1n) is 4.60. The number of fused-ring (bicyclic) bond motifs is 1. The van der Waals surface area contributed by atoms with Gasteiger partial charge in [0.1, 0.15) is 11.5 Å². The maximum absolute atomic E-state index is 13.9. The average molecular weight is 319 g/mol. The zero-order chi connectivity index (χ0) is 12.7. The Hall–Kier alpha value is -1.20. The van der Waals surface area contributed by atoms with Crippen molar-refractivity contribution in [2.45, 2.75) is 6.92 Å². The highest BCUT2D eigenvalue weighted by Crippen LogP contribution is 2.32. The van der Waals surface area contributed by atoms with Gasteiger partial charge in [0.2, 0.25) is 0 Å². The van der Waals surface area contributed by atoms with Crippen LogP contribution >= 0.6 is 27.5 Å². The van der Waals surface area contributed by atoms with Crippen LogP contribution in [-0.2, 0) is 0 Å². The molecule has 0 spiro atoms. The van der Waals surface area contributed by atoms with Gasteiger partial charge < -0.3 is 5.11 Å². The fraction of sp³-hybridized carbons (Fsp3) is 0.0909. The summed E-state index contributed by atoms with van der Waals surface area (Å²) in [6, 6.07) is 2.67. The van der Waals surface area contributed by atoms with Gasteiger partial charge in [-0.05, 0) is 40.5 Å². The molecule has 1 N–H and O–H groups in total. The predicted octanol–water partition coefficient (Wildman–Crippen LogP) is 3.80. The fourth-order valence-electron chi connectivity index (χ4n) is 1.56. The molecule has 2 rings (SSSR count). The summed E-state index contributed by atoms with van der Waals surface area (Å²) in [6.45, 7) is 1.71. The van der Waals surface area contributed by atoms with Gasteiger partial charge in [0.05, 0.1) is 20.4 Å². The lowest BCUT2D eigenvalue weighted by Crippen LogP contribution is -2.02. The SMILES string of the molecule is Cc1cc(Br)c(F)c2c(Cl)cc(C(=O)O)nc12. The van der Waals surface area contributed by atoms with E-state index < -0.39 is 11.8 Å². The van der Waals surface area contributed by atoms with Crippen LogP contribution in [0.1, 0.15) is 16.1 Å². The number of carboxylic acid groups (broad SMARTS) is 1. The van der Waals surface area contributed by atoms with Crippen molar-refractivity contribution in [1.29, 1.82) is 0 Å². The molecule has 0 bridgehead atoms. The molecule has 1 heterocycles. The van der Waals surface area contributed by atoms with Crippen molar-refractivity contribution in [3.8, 4) is 0 Å². The highest BCUT2D eigenvalue weighted by molar-refractivity contribution is 9.10. The maximum atomic E-state index is 13.9. The van der Waals surface area contributed by atoms with E-state index in [0.29, 0.717) is 5.56 Å². The summed E-state index contributed by atoms with van der Waals surface area (Å²) in [5, 5.41) is 9.02. The van der Waals surface area contributed by atoms with E-state index in [1.165, 1.54) is 6.07 Å². The van der Waals surface area contributed by atoms with Gasteiger partial charge in [-0.2, -0.15) is 0 Å². The van der Waals surface area contributed by atoms with E-state index in [0.717, 1.165) is 6.07 Å². The molecule has 88 valence electrons. The fourth-order valence-corrected chi connectivity index (χ4v) is 2.38. The van der Waals surface area contributed by atoms with Crippen LogP contribution in [0.3, 0.4) is 0 Å². The predicted molar refractivity (Wildman–Crippen MR) is 66.1 cm³/mol. The molecule has 3 nitrogen and oxygen atoms in total. The summed E-state index contributed by atoms with van der Waals surface area (Å²) in [4.78, 5) is 14.7. The normalized spacial score (nSPS) is 10.8. The smallest absolute Gasteiger partial charge is 0.354 e. The van der Waals surface area contributed by atoms with Crippen LogP contribution in [0, 0.1) is 12.7 Å². The molecule has 1 aromatic carbocycles. The summed E-state index contributed by atoms with van der Waals surface area (Å²) in [5.41, 5.74) is 0.709. The number of rotatable bonds is 1. The molecule has 0 amide bonds. The van der Waals surface area contributed by atoms with Crippen molar-refractivity contribution in [1.82, 2.24) is 4.98 Å². The van der Waals surface area contributed by atoms with Crippen LogP contribution in [0.2, 0.25) is 5.02 Å². The molecule has 0 aliphatic rings. The summed E-state index contributed by atoms with van der Waals surface area (Å²) in [7, 11) is 0. The highest BCUT2D eigenvalue weighted by atomic mass is 79.9. The lowest BCUT2D eigenvalue weighted by Gasteiger charge is -2.07. The Morgan fingerprint density at radius 2 is 2.18 bits per heavy atom. The topological polar surface area (TPSA) is 50.2 Å². The Labute approximate surface area is 109 Å². The molecule has 0 saturated heterocycles. The number of aromatic nitrogens is 1. The summed E-state index contributed by atoms with van der Waals surface area (Å²) in [5.74, 6) is -1.74. The van der Waals surface area contributed by atoms with Gasteiger partial charge in [-0.15, -0.1) is 0 Å². The molecule has 1 aromatic heterocycles. The quantitative estimate of drug-likeness (QED) is 0.870. The third-order valence-corrected chi connectivity index (χ3v) is 3.21. The Bertz CT molecular complexity index is 645. The molecule has 0 aliphatic carbocycles. The van der Waals surface area contributed by atoms with Crippen molar-refractivity contribution in [3.05, 3.63) is 38.7 Å². The number of hydrogen-bond acceptors (Lipinski definition) is 2. The van der Waals surface area contributed by atoms with E-state index >= 15 is 0 Å². The molecule has 0 unspecified atom stereocenters. The molecule has 0 fully saturated rings. The average Bonchev–Trinajstić information content (AvgIpc) is 2.25. The number of pyridine rings is 1. The zero-order valence-electron chi connectivity index (χ0n) is 8.59. The lowest BCUT2D eigenvalue weighted by molar-refractivity contribution is 0.0691. The molecule has 0 aliphatic heterocycles. The molecule has 6 heteroatoms. The Balaban J connectivity index is 2.95. The number of nitrogens with zero attached hydrogens (tertiary/aromatic N) is 1.